The van der Waals surface area contributed by atoms with Crippen molar-refractivity contribution >= 4 is 72.8 Å². The molecule has 234 valence electrons. The molecule has 1 aliphatic carbocycles. The molecule has 0 bridgehead atoms. The predicted molar refractivity (Wildman–Crippen MR) is 208 cm³/mol. The molecule has 1 unspecified atom stereocenters. The summed E-state index contributed by atoms with van der Waals surface area (Å²) in [6.07, 6.45) is 4.73. The standard InChI is InChI=1S/C27H39Si2.C12H9Si.2ClH.Zr/c1-10-11-20-12-13-21-14-22(19(2)3)17-26(21)27(20)23-15-24(28(4,5)6)18-25(16-23)29(7,8)9;1-3-7-11-9(5-1)10-6-2-4-8-12(10)13-11;;;/h12-19H,10-11H2,1-9H3;1-7H,13H2;2*1H;/q;;;;+2/p-2. The SMILES string of the molecule is CCCc1ccc2c(c1-c1cc([Si](C)(C)C)cc([Si](C)(C)C)c1)C=C(C(C)C)[CH]2[Zr]([Cl])([Cl])[c]1cccc2c1[SiH2]c1ccccc1-2. The van der Waals surface area contributed by atoms with Crippen LogP contribution < -0.4 is 24.0 Å². The van der Waals surface area contributed by atoms with Crippen LogP contribution in [0, 0.1) is 5.92 Å². The van der Waals surface area contributed by atoms with Crippen LogP contribution in [0.1, 0.15) is 47.5 Å². The van der Waals surface area contributed by atoms with E-state index in [0.717, 1.165) is 12.8 Å². The molecule has 6 heteroatoms. The van der Waals surface area contributed by atoms with Crippen molar-refractivity contribution in [3.63, 3.8) is 0 Å². The van der Waals surface area contributed by atoms with Crippen molar-refractivity contribution in [3.05, 3.63) is 95.1 Å². The summed E-state index contributed by atoms with van der Waals surface area (Å²) in [7, 11) is 12.3. The number of halogens is 2. The van der Waals surface area contributed by atoms with Crippen LogP contribution in [0.25, 0.3) is 28.3 Å². The maximum atomic E-state index is 8.00. The van der Waals surface area contributed by atoms with Gasteiger partial charge in [0.15, 0.2) is 0 Å². The molecule has 0 radical (unpaired) electrons. The van der Waals surface area contributed by atoms with Crippen LogP contribution >= 0.6 is 17.0 Å². The summed E-state index contributed by atoms with van der Waals surface area (Å²) in [5.74, 6) is 0.371. The fourth-order valence-corrected chi connectivity index (χ4v) is 27.0. The number of hydrogen-bond donors (Lipinski definition) is 0. The number of aryl methyl sites for hydroxylation is 1. The Hall–Kier alpha value is -1.27. The molecule has 0 fully saturated rings. The van der Waals surface area contributed by atoms with E-state index in [1.54, 1.807) is 10.4 Å². The van der Waals surface area contributed by atoms with E-state index in [9.17, 15) is 0 Å². The molecule has 0 spiro atoms. The topological polar surface area (TPSA) is 0 Å². The number of allylic oxidation sites excluding steroid dienone is 1. The van der Waals surface area contributed by atoms with E-state index in [0.29, 0.717) is 5.92 Å². The molecule has 4 aromatic rings. The van der Waals surface area contributed by atoms with Gasteiger partial charge < -0.3 is 0 Å². The second-order valence-electron chi connectivity index (χ2n) is 15.7. The summed E-state index contributed by atoms with van der Waals surface area (Å²) in [5.41, 5.74) is 11.3. The van der Waals surface area contributed by atoms with Gasteiger partial charge in [-0.3, -0.25) is 0 Å². The summed E-state index contributed by atoms with van der Waals surface area (Å²) >= 11 is -4.04. The van der Waals surface area contributed by atoms with Gasteiger partial charge in [-0.2, -0.15) is 0 Å². The van der Waals surface area contributed by atoms with Crippen molar-refractivity contribution in [2.75, 3.05) is 0 Å². The van der Waals surface area contributed by atoms with Gasteiger partial charge in [0.25, 0.3) is 0 Å². The van der Waals surface area contributed by atoms with Gasteiger partial charge in [0.2, 0.25) is 0 Å². The summed E-state index contributed by atoms with van der Waals surface area (Å²) in [5, 5.41) is 6.15. The molecule has 45 heavy (non-hydrogen) atoms. The van der Waals surface area contributed by atoms with Gasteiger partial charge in [-0.25, -0.2) is 0 Å². The first kappa shape index (κ1) is 33.6. The minimum absolute atomic E-state index is 0.105. The molecule has 0 saturated heterocycles. The van der Waals surface area contributed by atoms with Crippen LogP contribution in [0.4, 0.5) is 0 Å². The van der Waals surface area contributed by atoms with Crippen LogP contribution in [-0.4, -0.2) is 25.7 Å². The fraction of sp³-hybridized carbons (Fsp3) is 0.333. The maximum absolute atomic E-state index is 8.00. The van der Waals surface area contributed by atoms with Crippen LogP contribution in [0.2, 0.25) is 39.3 Å². The van der Waals surface area contributed by atoms with Crippen molar-refractivity contribution in [2.45, 2.75) is 76.5 Å². The quantitative estimate of drug-likeness (QED) is 0.140. The van der Waals surface area contributed by atoms with E-state index in [-0.39, 0.29) is 3.63 Å². The number of benzene rings is 4. The zero-order chi connectivity index (χ0) is 32.5. The third-order valence-electron chi connectivity index (χ3n) is 10.0. The number of rotatable bonds is 8. The molecule has 1 atom stereocenters. The van der Waals surface area contributed by atoms with Crippen LogP contribution in [-0.2, 0) is 24.3 Å². The van der Waals surface area contributed by atoms with Crippen molar-refractivity contribution < 1.29 is 17.9 Å². The van der Waals surface area contributed by atoms with Gasteiger partial charge >= 0.3 is 290 Å². The van der Waals surface area contributed by atoms with Gasteiger partial charge in [-0.15, -0.1) is 0 Å². The average molecular weight is 763 g/mol. The van der Waals surface area contributed by atoms with Gasteiger partial charge in [-0.1, -0.05) is 0 Å². The van der Waals surface area contributed by atoms with E-state index in [4.69, 9.17) is 17.0 Å². The summed E-state index contributed by atoms with van der Waals surface area (Å²) in [6.45, 7) is 21.9. The molecule has 0 N–H and O–H groups in total. The summed E-state index contributed by atoms with van der Waals surface area (Å²) in [4.78, 5) is 0. The normalized spacial score (nSPS) is 16.6. The first-order valence-corrected chi connectivity index (χ1v) is 34.1. The average Bonchev–Trinajstić information content (AvgIpc) is 3.55. The Labute approximate surface area is 288 Å². The van der Waals surface area contributed by atoms with Gasteiger partial charge in [-0.05, 0) is 0 Å². The first-order valence-electron chi connectivity index (χ1n) is 16.7. The van der Waals surface area contributed by atoms with Crippen LogP contribution in [0.5, 0.6) is 0 Å². The Kier molecular flexibility index (Phi) is 9.20. The fourth-order valence-electron chi connectivity index (χ4n) is 7.50. The second-order valence-corrected chi connectivity index (χ2v) is 41.7. The van der Waals surface area contributed by atoms with E-state index >= 15 is 0 Å². The Balaban J connectivity index is 1.58. The Morgan fingerprint density at radius 1 is 0.800 bits per heavy atom. The van der Waals surface area contributed by atoms with Crippen molar-refractivity contribution in [2.24, 2.45) is 5.92 Å². The molecule has 0 amide bonds. The molecule has 0 aromatic heterocycles. The number of fused-ring (bicyclic) bond motifs is 4. The van der Waals surface area contributed by atoms with Crippen LogP contribution in [0.15, 0.2) is 78.4 Å². The van der Waals surface area contributed by atoms with E-state index in [1.807, 2.05) is 0 Å². The molecule has 4 aromatic carbocycles. The Morgan fingerprint density at radius 2 is 1.44 bits per heavy atom. The first-order chi connectivity index (χ1) is 21.1. The molecule has 0 nitrogen and oxygen atoms in total. The summed E-state index contributed by atoms with van der Waals surface area (Å²) < 4.78 is 1.42. The van der Waals surface area contributed by atoms with E-state index in [1.165, 1.54) is 58.2 Å². The van der Waals surface area contributed by atoms with E-state index in [2.05, 4.69) is 139 Å². The Bertz CT molecular complexity index is 1790. The number of hydrogen-bond acceptors (Lipinski definition) is 0. The van der Waals surface area contributed by atoms with Crippen molar-refractivity contribution in [1.82, 2.24) is 0 Å². The molecular weight excluding hydrogens is 715 g/mol. The van der Waals surface area contributed by atoms with E-state index < -0.39 is 43.5 Å². The summed E-state index contributed by atoms with van der Waals surface area (Å²) in [6, 6.07) is 28.2. The zero-order valence-electron chi connectivity index (χ0n) is 28.5. The molecule has 2 aliphatic rings. The van der Waals surface area contributed by atoms with Gasteiger partial charge in [0, 0.05) is 0 Å². The monoisotopic (exact) mass is 760 g/mol. The van der Waals surface area contributed by atoms with Crippen molar-refractivity contribution in [1.29, 1.82) is 0 Å². The van der Waals surface area contributed by atoms with Gasteiger partial charge in [0.05, 0.1) is 0 Å². The van der Waals surface area contributed by atoms with Gasteiger partial charge in [0.1, 0.15) is 0 Å². The molecule has 0 saturated carbocycles. The van der Waals surface area contributed by atoms with Crippen molar-refractivity contribution in [3.8, 4) is 22.3 Å². The third kappa shape index (κ3) is 6.11. The third-order valence-corrected chi connectivity index (χ3v) is 28.3. The molecule has 6 rings (SSSR count). The second kappa shape index (κ2) is 12.3. The molecule has 1 aliphatic heterocycles. The molecule has 1 heterocycles. The predicted octanol–water partition coefficient (Wildman–Crippen LogP) is 8.38. The Morgan fingerprint density at radius 3 is 2.07 bits per heavy atom. The molecular formula is C39H48Cl2Si3Zr. The minimum atomic E-state index is -4.04. The van der Waals surface area contributed by atoms with Crippen LogP contribution in [0.3, 0.4) is 0 Å². The zero-order valence-corrected chi connectivity index (χ0v) is 35.9.